The summed E-state index contributed by atoms with van der Waals surface area (Å²) in [4.78, 5) is 26.4. The van der Waals surface area contributed by atoms with E-state index in [0.29, 0.717) is 38.5 Å². The summed E-state index contributed by atoms with van der Waals surface area (Å²) in [5.41, 5.74) is -0.0568. The Hall–Kier alpha value is -1.90. The van der Waals surface area contributed by atoms with Crippen molar-refractivity contribution in [3.63, 3.8) is 0 Å². The minimum Gasteiger partial charge on any atom is -0.480 e. The number of amides is 1. The van der Waals surface area contributed by atoms with Crippen molar-refractivity contribution in [1.82, 2.24) is 4.90 Å². The molecule has 0 aromatic carbocycles. The van der Waals surface area contributed by atoms with E-state index in [0.717, 1.165) is 0 Å². The highest BCUT2D eigenvalue weighted by molar-refractivity contribution is 5.95. The summed E-state index contributed by atoms with van der Waals surface area (Å²) in [7, 11) is 0. The van der Waals surface area contributed by atoms with Gasteiger partial charge in [-0.25, -0.2) is 0 Å². The quantitative estimate of drug-likeness (QED) is 0.826. The van der Waals surface area contributed by atoms with Crippen LogP contribution in [0.25, 0.3) is 0 Å². The second-order valence-corrected chi connectivity index (χ2v) is 5.59. The van der Waals surface area contributed by atoms with Crippen LogP contribution >= 0.6 is 0 Å². The molecule has 1 aromatic heterocycles. The minimum atomic E-state index is -0.893. The number of carbonyl (C=O) groups is 2. The number of carboxylic acids is 1. The molecular formula is C14H18N2O6. The van der Waals surface area contributed by atoms with E-state index >= 15 is 0 Å². The van der Waals surface area contributed by atoms with Gasteiger partial charge < -0.3 is 23.9 Å². The number of aliphatic carboxylic acids is 1. The summed E-state index contributed by atoms with van der Waals surface area (Å²) in [5, 5.41) is 8.99. The van der Waals surface area contributed by atoms with Crippen LogP contribution in [-0.4, -0.2) is 73.5 Å². The molecule has 120 valence electrons. The summed E-state index contributed by atoms with van der Waals surface area (Å²) < 4.78 is 16.4. The van der Waals surface area contributed by atoms with Gasteiger partial charge in [0, 0.05) is 19.2 Å². The molecule has 1 N–H and O–H groups in total. The molecule has 1 atom stereocenters. The van der Waals surface area contributed by atoms with Crippen LogP contribution < -0.4 is 4.90 Å². The minimum absolute atomic E-state index is 0.0601. The number of morpholine rings is 1. The number of carbonyl (C=O) groups excluding carboxylic acids is 1. The predicted octanol–water partition coefficient (Wildman–Crippen LogP) is -0.202. The van der Waals surface area contributed by atoms with Gasteiger partial charge in [-0.2, -0.15) is 0 Å². The van der Waals surface area contributed by atoms with Gasteiger partial charge in [0.05, 0.1) is 38.3 Å². The van der Waals surface area contributed by atoms with Gasteiger partial charge in [0.25, 0.3) is 5.91 Å². The lowest BCUT2D eigenvalue weighted by Gasteiger charge is -2.42. The highest BCUT2D eigenvalue weighted by Gasteiger charge is 2.43. The van der Waals surface area contributed by atoms with Crippen molar-refractivity contribution >= 4 is 17.6 Å². The Kier molecular flexibility index (Phi) is 4.14. The fraction of sp³-hybridized carbons (Fsp3) is 0.571. The summed E-state index contributed by atoms with van der Waals surface area (Å²) in [6.45, 7) is 1.87. The molecule has 22 heavy (non-hydrogen) atoms. The van der Waals surface area contributed by atoms with Crippen molar-refractivity contribution in [3.05, 3.63) is 18.6 Å². The van der Waals surface area contributed by atoms with Crippen molar-refractivity contribution in [2.45, 2.75) is 5.60 Å². The van der Waals surface area contributed by atoms with Crippen molar-refractivity contribution in [2.75, 3.05) is 50.9 Å². The van der Waals surface area contributed by atoms with Crippen LogP contribution in [0.5, 0.6) is 0 Å². The molecule has 2 fully saturated rings. The number of hydrogen-bond donors (Lipinski definition) is 1. The van der Waals surface area contributed by atoms with E-state index in [1.807, 2.05) is 0 Å². The Bertz CT molecular complexity index is 546. The first kappa shape index (κ1) is 15.0. The number of hydrogen-bond acceptors (Lipinski definition) is 6. The van der Waals surface area contributed by atoms with Gasteiger partial charge in [-0.05, 0) is 0 Å². The number of carboxylic acid groups (broad SMARTS) is 1. The highest BCUT2D eigenvalue weighted by Crippen LogP contribution is 2.27. The molecule has 2 saturated heterocycles. The van der Waals surface area contributed by atoms with E-state index in [2.05, 4.69) is 0 Å². The maximum atomic E-state index is 12.1. The molecule has 0 radical (unpaired) electrons. The second kappa shape index (κ2) is 6.07. The van der Waals surface area contributed by atoms with Crippen LogP contribution in [0, 0.1) is 0 Å². The van der Waals surface area contributed by atoms with Gasteiger partial charge in [0.15, 0.2) is 0 Å². The lowest BCUT2D eigenvalue weighted by atomic mass is 10.0. The number of nitrogens with zero attached hydrogens (tertiary/aromatic N) is 2. The molecule has 8 nitrogen and oxygen atoms in total. The number of furan rings is 1. The maximum Gasteiger partial charge on any atom is 0.317 e. The largest absolute Gasteiger partial charge is 0.480 e. The molecule has 0 saturated carbocycles. The number of anilines is 1. The van der Waals surface area contributed by atoms with E-state index in [4.69, 9.17) is 19.0 Å². The third kappa shape index (κ3) is 3.13. The van der Waals surface area contributed by atoms with E-state index in [1.54, 1.807) is 15.9 Å². The lowest BCUT2D eigenvalue weighted by Crippen LogP contribution is -2.61. The summed E-state index contributed by atoms with van der Waals surface area (Å²) >= 11 is 0. The number of ether oxygens (including phenoxy) is 2. The molecule has 2 aliphatic heterocycles. The zero-order chi connectivity index (χ0) is 15.6. The monoisotopic (exact) mass is 310 g/mol. The van der Waals surface area contributed by atoms with E-state index < -0.39 is 11.6 Å². The zero-order valence-electron chi connectivity index (χ0n) is 12.1. The van der Waals surface area contributed by atoms with E-state index in [9.17, 15) is 9.59 Å². The van der Waals surface area contributed by atoms with Crippen molar-refractivity contribution in [2.24, 2.45) is 0 Å². The third-order valence-electron chi connectivity index (χ3n) is 3.85. The van der Waals surface area contributed by atoms with Crippen LogP contribution in [0.3, 0.4) is 0 Å². The first-order valence-electron chi connectivity index (χ1n) is 7.06. The van der Waals surface area contributed by atoms with E-state index in [-0.39, 0.29) is 19.1 Å². The highest BCUT2D eigenvalue weighted by atomic mass is 16.6. The molecule has 0 aliphatic carbocycles. The first-order valence-corrected chi connectivity index (χ1v) is 7.06. The molecule has 1 amide bonds. The fourth-order valence-corrected chi connectivity index (χ4v) is 2.85. The molecule has 3 heterocycles. The van der Waals surface area contributed by atoms with E-state index in [1.165, 1.54) is 12.5 Å². The third-order valence-corrected chi connectivity index (χ3v) is 3.85. The van der Waals surface area contributed by atoms with Gasteiger partial charge in [-0.3, -0.25) is 14.5 Å². The zero-order valence-corrected chi connectivity index (χ0v) is 12.1. The number of rotatable bonds is 3. The van der Waals surface area contributed by atoms with Gasteiger partial charge >= 0.3 is 5.97 Å². The SMILES string of the molecule is O=C(O)CN1CCOCC2(C1)CN(c1ccoc1)C(=O)CO2. The van der Waals surface area contributed by atoms with Crippen molar-refractivity contribution < 1.29 is 28.6 Å². The van der Waals surface area contributed by atoms with Gasteiger partial charge in [0.1, 0.15) is 18.5 Å². The van der Waals surface area contributed by atoms with Crippen molar-refractivity contribution in [3.8, 4) is 0 Å². The first-order chi connectivity index (χ1) is 10.6. The van der Waals surface area contributed by atoms with Crippen LogP contribution in [0.4, 0.5) is 5.69 Å². The van der Waals surface area contributed by atoms with Crippen molar-refractivity contribution in [1.29, 1.82) is 0 Å². The Balaban J connectivity index is 1.78. The topological polar surface area (TPSA) is 92.5 Å². The summed E-state index contributed by atoms with van der Waals surface area (Å²) in [5.74, 6) is -1.04. The molecule has 3 rings (SSSR count). The predicted molar refractivity (Wildman–Crippen MR) is 74.6 cm³/mol. The molecular weight excluding hydrogens is 292 g/mol. The normalized spacial score (nSPS) is 27.1. The van der Waals surface area contributed by atoms with Crippen LogP contribution in [0.15, 0.2) is 23.0 Å². The lowest BCUT2D eigenvalue weighted by molar-refractivity contribution is -0.148. The smallest absolute Gasteiger partial charge is 0.317 e. The molecule has 1 spiro atoms. The fourth-order valence-electron chi connectivity index (χ4n) is 2.85. The Morgan fingerprint density at radius 3 is 3.00 bits per heavy atom. The molecule has 1 unspecified atom stereocenters. The van der Waals surface area contributed by atoms with Gasteiger partial charge in [-0.1, -0.05) is 0 Å². The van der Waals surface area contributed by atoms with Gasteiger partial charge in [-0.15, -0.1) is 0 Å². The van der Waals surface area contributed by atoms with Crippen LogP contribution in [0.1, 0.15) is 0 Å². The average molecular weight is 310 g/mol. The Morgan fingerprint density at radius 1 is 1.41 bits per heavy atom. The van der Waals surface area contributed by atoms with Crippen LogP contribution in [0.2, 0.25) is 0 Å². The average Bonchev–Trinajstić information content (AvgIpc) is 2.93. The Morgan fingerprint density at radius 2 is 2.27 bits per heavy atom. The Labute approximate surface area is 127 Å². The summed E-state index contributed by atoms with van der Waals surface area (Å²) in [6, 6.07) is 1.71. The maximum absolute atomic E-state index is 12.1. The molecule has 1 aromatic rings. The molecule has 8 heteroatoms. The molecule has 0 bridgehead atoms. The van der Waals surface area contributed by atoms with Crippen LogP contribution in [-0.2, 0) is 19.1 Å². The second-order valence-electron chi connectivity index (χ2n) is 5.59. The molecule has 2 aliphatic rings. The summed E-state index contributed by atoms with van der Waals surface area (Å²) in [6.07, 6.45) is 3.01. The standard InChI is InChI=1S/C14H18N2O6/c17-12-7-22-14(9-16(12)11-1-3-20-6-11)8-15(5-13(18)19)2-4-21-10-14/h1,3,6H,2,4-5,7-10H2,(H,18,19). The van der Waals surface area contributed by atoms with Gasteiger partial charge in [0.2, 0.25) is 0 Å².